The maximum atomic E-state index is 2.32. The SMILES string of the molecule is CCCCCCCc1csc(C)c1. The molecule has 74 valence electrons. The minimum atomic E-state index is 1.29. The van der Waals surface area contributed by atoms with Crippen LogP contribution < -0.4 is 0 Å². The number of rotatable bonds is 6. The summed E-state index contributed by atoms with van der Waals surface area (Å²) < 4.78 is 0. The molecule has 0 aromatic carbocycles. The highest BCUT2D eigenvalue weighted by Crippen LogP contribution is 2.16. The molecule has 1 heterocycles. The van der Waals surface area contributed by atoms with Crippen molar-refractivity contribution in [3.8, 4) is 0 Å². The molecule has 0 aliphatic carbocycles. The van der Waals surface area contributed by atoms with E-state index in [1.54, 1.807) is 5.56 Å². The first-order chi connectivity index (χ1) is 6.33. The van der Waals surface area contributed by atoms with Gasteiger partial charge in [0.05, 0.1) is 0 Å². The maximum Gasteiger partial charge on any atom is 0.00170 e. The summed E-state index contributed by atoms with van der Waals surface area (Å²) in [5.41, 5.74) is 1.54. The molecule has 0 radical (unpaired) electrons. The molecule has 0 aliphatic heterocycles. The summed E-state index contributed by atoms with van der Waals surface area (Å²) in [7, 11) is 0. The third-order valence-corrected chi connectivity index (χ3v) is 3.26. The third kappa shape index (κ3) is 4.47. The summed E-state index contributed by atoms with van der Waals surface area (Å²) in [5.74, 6) is 0. The van der Waals surface area contributed by atoms with E-state index in [9.17, 15) is 0 Å². The molecule has 0 bridgehead atoms. The van der Waals surface area contributed by atoms with Crippen LogP contribution >= 0.6 is 11.3 Å². The zero-order valence-corrected chi connectivity index (χ0v) is 9.62. The van der Waals surface area contributed by atoms with Gasteiger partial charge in [-0.3, -0.25) is 0 Å². The average molecular weight is 196 g/mol. The van der Waals surface area contributed by atoms with E-state index >= 15 is 0 Å². The molecule has 0 unspecified atom stereocenters. The van der Waals surface area contributed by atoms with Crippen molar-refractivity contribution in [3.63, 3.8) is 0 Å². The van der Waals surface area contributed by atoms with Crippen molar-refractivity contribution in [1.29, 1.82) is 0 Å². The van der Waals surface area contributed by atoms with Gasteiger partial charge in [-0.05, 0) is 36.8 Å². The number of hydrogen-bond donors (Lipinski definition) is 0. The van der Waals surface area contributed by atoms with Crippen molar-refractivity contribution >= 4 is 11.3 Å². The Morgan fingerprint density at radius 3 is 2.54 bits per heavy atom. The van der Waals surface area contributed by atoms with Crippen LogP contribution in [0.4, 0.5) is 0 Å². The fourth-order valence-corrected chi connectivity index (χ4v) is 2.30. The van der Waals surface area contributed by atoms with E-state index in [-0.39, 0.29) is 0 Å². The molecule has 0 saturated carbocycles. The van der Waals surface area contributed by atoms with Gasteiger partial charge in [0.15, 0.2) is 0 Å². The zero-order chi connectivity index (χ0) is 9.52. The maximum absolute atomic E-state index is 2.32. The fourth-order valence-electron chi connectivity index (χ4n) is 1.56. The number of thiophene rings is 1. The van der Waals surface area contributed by atoms with Gasteiger partial charge in [0.2, 0.25) is 0 Å². The standard InChI is InChI=1S/C12H20S/c1-3-4-5-6-7-8-12-9-11(2)13-10-12/h9-10H,3-8H2,1-2H3. The van der Waals surface area contributed by atoms with E-state index in [2.05, 4.69) is 25.3 Å². The van der Waals surface area contributed by atoms with Crippen molar-refractivity contribution in [2.24, 2.45) is 0 Å². The van der Waals surface area contributed by atoms with Gasteiger partial charge >= 0.3 is 0 Å². The lowest BCUT2D eigenvalue weighted by Gasteiger charge is -1.97. The second kappa shape index (κ2) is 6.20. The van der Waals surface area contributed by atoms with Crippen molar-refractivity contribution in [1.82, 2.24) is 0 Å². The van der Waals surface area contributed by atoms with E-state index in [4.69, 9.17) is 0 Å². The highest BCUT2D eigenvalue weighted by Gasteiger charge is 1.95. The predicted octanol–water partition coefficient (Wildman–Crippen LogP) is 4.57. The van der Waals surface area contributed by atoms with Crippen LogP contribution in [0.25, 0.3) is 0 Å². The van der Waals surface area contributed by atoms with E-state index in [0.717, 1.165) is 0 Å². The summed E-state index contributed by atoms with van der Waals surface area (Å²) in [6.45, 7) is 4.45. The van der Waals surface area contributed by atoms with E-state index in [1.807, 2.05) is 11.3 Å². The van der Waals surface area contributed by atoms with Crippen molar-refractivity contribution in [3.05, 3.63) is 21.9 Å². The van der Waals surface area contributed by atoms with Gasteiger partial charge in [0.25, 0.3) is 0 Å². The monoisotopic (exact) mass is 196 g/mol. The lowest BCUT2D eigenvalue weighted by Crippen LogP contribution is -1.82. The van der Waals surface area contributed by atoms with E-state index in [1.165, 1.54) is 43.4 Å². The Kier molecular flexibility index (Phi) is 5.14. The van der Waals surface area contributed by atoms with Crippen LogP contribution in [0.1, 0.15) is 49.5 Å². The molecule has 0 spiro atoms. The third-order valence-electron chi connectivity index (χ3n) is 2.35. The molecule has 0 saturated heterocycles. The van der Waals surface area contributed by atoms with Gasteiger partial charge < -0.3 is 0 Å². The first-order valence-electron chi connectivity index (χ1n) is 5.37. The molecule has 0 nitrogen and oxygen atoms in total. The van der Waals surface area contributed by atoms with Gasteiger partial charge in [0.1, 0.15) is 0 Å². The van der Waals surface area contributed by atoms with Crippen molar-refractivity contribution < 1.29 is 0 Å². The molecule has 0 amide bonds. The van der Waals surface area contributed by atoms with Crippen LogP contribution in [0.3, 0.4) is 0 Å². The van der Waals surface area contributed by atoms with Gasteiger partial charge in [-0.2, -0.15) is 0 Å². The Balaban J connectivity index is 2.06. The van der Waals surface area contributed by atoms with E-state index < -0.39 is 0 Å². The smallest absolute Gasteiger partial charge is 0.00170 e. The number of aryl methyl sites for hydroxylation is 2. The molecule has 0 aliphatic rings. The number of hydrogen-bond acceptors (Lipinski definition) is 1. The minimum absolute atomic E-state index is 1.29. The first-order valence-corrected chi connectivity index (χ1v) is 6.25. The zero-order valence-electron chi connectivity index (χ0n) is 8.81. The van der Waals surface area contributed by atoms with Gasteiger partial charge in [-0.25, -0.2) is 0 Å². The van der Waals surface area contributed by atoms with Gasteiger partial charge in [-0.1, -0.05) is 32.6 Å². The lowest BCUT2D eigenvalue weighted by atomic mass is 10.1. The minimum Gasteiger partial charge on any atom is -0.149 e. The quantitative estimate of drug-likeness (QED) is 0.585. The van der Waals surface area contributed by atoms with Crippen LogP contribution in [0.5, 0.6) is 0 Å². The van der Waals surface area contributed by atoms with Crippen LogP contribution in [0, 0.1) is 6.92 Å². The van der Waals surface area contributed by atoms with Gasteiger partial charge in [0, 0.05) is 4.88 Å². The normalized spacial score (nSPS) is 10.6. The summed E-state index contributed by atoms with van der Waals surface area (Å²) >= 11 is 1.87. The largest absolute Gasteiger partial charge is 0.149 e. The summed E-state index contributed by atoms with van der Waals surface area (Å²) in [5, 5.41) is 2.30. The second-order valence-corrected chi connectivity index (χ2v) is 4.85. The number of unbranched alkanes of at least 4 members (excludes halogenated alkanes) is 4. The Bertz CT molecular complexity index is 225. The van der Waals surface area contributed by atoms with E-state index in [0.29, 0.717) is 0 Å². The average Bonchev–Trinajstić information content (AvgIpc) is 2.51. The molecule has 1 heteroatoms. The van der Waals surface area contributed by atoms with Crippen LogP contribution in [-0.2, 0) is 6.42 Å². The van der Waals surface area contributed by atoms with Crippen molar-refractivity contribution in [2.45, 2.75) is 52.4 Å². The Hall–Kier alpha value is -0.300. The first kappa shape index (κ1) is 10.8. The molecule has 1 rings (SSSR count). The van der Waals surface area contributed by atoms with Gasteiger partial charge in [-0.15, -0.1) is 11.3 Å². The fraction of sp³-hybridized carbons (Fsp3) is 0.667. The summed E-state index contributed by atoms with van der Waals surface area (Å²) in [4.78, 5) is 1.45. The highest BCUT2D eigenvalue weighted by atomic mass is 32.1. The topological polar surface area (TPSA) is 0 Å². The lowest BCUT2D eigenvalue weighted by molar-refractivity contribution is 0.632. The summed E-state index contributed by atoms with van der Waals surface area (Å²) in [6, 6.07) is 2.32. The van der Waals surface area contributed by atoms with Crippen LogP contribution in [0.2, 0.25) is 0 Å². The molecule has 13 heavy (non-hydrogen) atoms. The molecule has 1 aromatic heterocycles. The second-order valence-electron chi connectivity index (χ2n) is 3.73. The molecular formula is C12H20S. The Morgan fingerprint density at radius 2 is 1.92 bits per heavy atom. The molecule has 0 atom stereocenters. The molecule has 1 aromatic rings. The van der Waals surface area contributed by atoms with Crippen molar-refractivity contribution in [2.75, 3.05) is 0 Å². The van der Waals surface area contributed by atoms with Crippen LogP contribution in [0.15, 0.2) is 11.4 Å². The summed E-state index contributed by atoms with van der Waals surface area (Å²) in [6.07, 6.45) is 8.23. The molecule has 0 fully saturated rings. The van der Waals surface area contributed by atoms with Crippen LogP contribution in [-0.4, -0.2) is 0 Å². The Morgan fingerprint density at radius 1 is 1.15 bits per heavy atom. The Labute approximate surface area is 86.0 Å². The predicted molar refractivity (Wildman–Crippen MR) is 61.5 cm³/mol. The molecule has 0 N–H and O–H groups in total. The molecular weight excluding hydrogens is 176 g/mol. The highest BCUT2D eigenvalue weighted by molar-refractivity contribution is 7.10.